The summed E-state index contributed by atoms with van der Waals surface area (Å²) in [7, 11) is 0. The van der Waals surface area contributed by atoms with Gasteiger partial charge in [0.1, 0.15) is 10.7 Å². The van der Waals surface area contributed by atoms with Crippen molar-refractivity contribution in [2.75, 3.05) is 0 Å². The van der Waals surface area contributed by atoms with Gasteiger partial charge in [-0.2, -0.15) is 4.98 Å². The number of hydrogen-bond donors (Lipinski definition) is 0. The monoisotopic (exact) mass is 395 g/mol. The van der Waals surface area contributed by atoms with E-state index in [0.29, 0.717) is 22.0 Å². The van der Waals surface area contributed by atoms with Crippen LogP contribution < -0.4 is 0 Å². The van der Waals surface area contributed by atoms with E-state index in [1.165, 1.54) is 23.5 Å². The highest BCUT2D eigenvalue weighted by Gasteiger charge is 2.20. The van der Waals surface area contributed by atoms with Gasteiger partial charge >= 0.3 is 5.97 Å². The lowest BCUT2D eigenvalue weighted by Crippen LogP contribution is -2.05. The van der Waals surface area contributed by atoms with Crippen LogP contribution in [0.3, 0.4) is 0 Å². The molecule has 2 aromatic heterocycles. The van der Waals surface area contributed by atoms with Crippen LogP contribution in [0.5, 0.6) is 0 Å². The fourth-order valence-corrected chi connectivity index (χ4v) is 3.41. The van der Waals surface area contributed by atoms with Crippen molar-refractivity contribution in [2.45, 2.75) is 13.5 Å². The van der Waals surface area contributed by atoms with Gasteiger partial charge in [0, 0.05) is 11.1 Å². The lowest BCUT2D eigenvalue weighted by atomic mass is 10.1. The van der Waals surface area contributed by atoms with Crippen molar-refractivity contribution in [3.05, 3.63) is 76.2 Å². The topological polar surface area (TPSA) is 78.1 Å². The average Bonchev–Trinajstić information content (AvgIpc) is 3.34. The number of rotatable bonds is 5. The second kappa shape index (κ2) is 7.69. The second-order valence-corrected chi connectivity index (χ2v) is 7.07. The summed E-state index contributed by atoms with van der Waals surface area (Å²) in [6.45, 7) is 1.67. The summed E-state index contributed by atoms with van der Waals surface area (Å²) in [4.78, 5) is 21.6. The van der Waals surface area contributed by atoms with Gasteiger partial charge in [0.25, 0.3) is 5.89 Å². The first-order valence-corrected chi connectivity index (χ1v) is 9.20. The third-order valence-electron chi connectivity index (χ3n) is 3.86. The van der Waals surface area contributed by atoms with Crippen molar-refractivity contribution in [2.24, 2.45) is 0 Å². The molecule has 0 aliphatic heterocycles. The molecule has 4 rings (SSSR count). The van der Waals surface area contributed by atoms with Crippen molar-refractivity contribution in [1.82, 2.24) is 15.1 Å². The number of ether oxygens (including phenoxy) is 1. The van der Waals surface area contributed by atoms with Gasteiger partial charge in [-0.15, -0.1) is 11.3 Å². The first-order valence-electron chi connectivity index (χ1n) is 8.38. The van der Waals surface area contributed by atoms with E-state index < -0.39 is 5.97 Å². The molecule has 0 spiro atoms. The Bertz CT molecular complexity index is 1110. The summed E-state index contributed by atoms with van der Waals surface area (Å²) in [5, 5.41) is 4.59. The Labute approximate surface area is 163 Å². The summed E-state index contributed by atoms with van der Waals surface area (Å²) in [5.74, 6) is -0.415. The van der Waals surface area contributed by atoms with Crippen molar-refractivity contribution in [3.8, 4) is 22.6 Å². The molecule has 0 N–H and O–H groups in total. The minimum atomic E-state index is -0.508. The Morgan fingerprint density at radius 2 is 1.82 bits per heavy atom. The minimum absolute atomic E-state index is 0.148. The lowest BCUT2D eigenvalue weighted by Gasteiger charge is -2.02. The number of thiazole rings is 1. The molecule has 0 fully saturated rings. The van der Waals surface area contributed by atoms with Crippen LogP contribution in [0.1, 0.15) is 20.6 Å². The van der Waals surface area contributed by atoms with Gasteiger partial charge in [-0.05, 0) is 31.2 Å². The highest BCUT2D eigenvalue weighted by Crippen LogP contribution is 2.28. The highest BCUT2D eigenvalue weighted by molar-refractivity contribution is 7.14. The number of aromatic nitrogens is 3. The molecule has 4 aromatic rings. The molecule has 0 amide bonds. The number of aryl methyl sites for hydroxylation is 1. The van der Waals surface area contributed by atoms with E-state index in [2.05, 4.69) is 15.1 Å². The summed E-state index contributed by atoms with van der Waals surface area (Å²) < 4.78 is 23.5. The predicted molar refractivity (Wildman–Crippen MR) is 101 cm³/mol. The minimum Gasteiger partial charge on any atom is -0.451 e. The lowest BCUT2D eigenvalue weighted by molar-refractivity contribution is 0.0436. The highest BCUT2D eigenvalue weighted by atomic mass is 32.1. The summed E-state index contributed by atoms with van der Waals surface area (Å²) in [6, 6.07) is 15.1. The maximum atomic E-state index is 13.0. The van der Waals surface area contributed by atoms with Crippen LogP contribution in [0.4, 0.5) is 4.39 Å². The fourth-order valence-electron chi connectivity index (χ4n) is 2.58. The van der Waals surface area contributed by atoms with Crippen molar-refractivity contribution in [3.63, 3.8) is 0 Å². The van der Waals surface area contributed by atoms with Gasteiger partial charge in [0.15, 0.2) is 6.61 Å². The van der Waals surface area contributed by atoms with E-state index in [1.54, 1.807) is 12.1 Å². The van der Waals surface area contributed by atoms with Crippen molar-refractivity contribution >= 4 is 17.3 Å². The molecule has 2 aromatic carbocycles. The van der Waals surface area contributed by atoms with Crippen molar-refractivity contribution in [1.29, 1.82) is 0 Å². The van der Waals surface area contributed by atoms with Crippen LogP contribution in [-0.4, -0.2) is 21.1 Å². The molecule has 6 nitrogen and oxygen atoms in total. The standard InChI is InChI=1S/C20H14FN3O3S/c1-12-22-17(13-5-3-2-4-6-13)18(28-12)20(25)26-11-16-23-19(24-27-16)14-7-9-15(21)10-8-14/h2-10H,11H2,1H3. The second-order valence-electron chi connectivity index (χ2n) is 5.87. The predicted octanol–water partition coefficient (Wildman–Crippen LogP) is 4.66. The van der Waals surface area contributed by atoms with Gasteiger partial charge in [0.2, 0.25) is 5.82 Å². The molecule has 0 radical (unpaired) electrons. The molecule has 0 saturated carbocycles. The third kappa shape index (κ3) is 3.81. The van der Waals surface area contributed by atoms with Crippen LogP contribution in [0.25, 0.3) is 22.6 Å². The summed E-state index contributed by atoms with van der Waals surface area (Å²) in [6.07, 6.45) is 0. The zero-order valence-corrected chi connectivity index (χ0v) is 15.6. The molecule has 8 heteroatoms. The average molecular weight is 395 g/mol. The molecular formula is C20H14FN3O3S. The Morgan fingerprint density at radius 3 is 2.57 bits per heavy atom. The number of benzene rings is 2. The molecular weight excluding hydrogens is 381 g/mol. The third-order valence-corrected chi connectivity index (χ3v) is 4.81. The number of carbonyl (C=O) groups excluding carboxylic acids is 1. The van der Waals surface area contributed by atoms with Crippen LogP contribution in [0, 0.1) is 12.7 Å². The smallest absolute Gasteiger partial charge is 0.351 e. The molecule has 0 aliphatic carbocycles. The molecule has 0 unspecified atom stereocenters. The van der Waals surface area contributed by atoms with E-state index in [4.69, 9.17) is 9.26 Å². The Morgan fingerprint density at radius 1 is 1.07 bits per heavy atom. The molecule has 28 heavy (non-hydrogen) atoms. The first kappa shape index (κ1) is 18.0. The zero-order chi connectivity index (χ0) is 19.5. The molecule has 2 heterocycles. The van der Waals surface area contributed by atoms with E-state index in [9.17, 15) is 9.18 Å². The Hall–Kier alpha value is -3.39. The number of carbonyl (C=O) groups is 1. The van der Waals surface area contributed by atoms with Crippen molar-refractivity contribution < 1.29 is 18.4 Å². The Kier molecular flexibility index (Phi) is 4.94. The fraction of sp³-hybridized carbons (Fsp3) is 0.100. The molecule has 0 aliphatic rings. The van der Waals surface area contributed by atoms with Gasteiger partial charge < -0.3 is 9.26 Å². The number of hydrogen-bond acceptors (Lipinski definition) is 7. The van der Waals surface area contributed by atoms with Gasteiger partial charge in [-0.1, -0.05) is 35.5 Å². The summed E-state index contributed by atoms with van der Waals surface area (Å²) >= 11 is 1.27. The normalized spacial score (nSPS) is 10.8. The van der Waals surface area contributed by atoms with Crippen LogP contribution in [0.15, 0.2) is 59.1 Å². The molecule has 0 bridgehead atoms. The summed E-state index contributed by atoms with van der Waals surface area (Å²) in [5.41, 5.74) is 2.04. The SMILES string of the molecule is Cc1nc(-c2ccccc2)c(C(=O)OCc2nc(-c3ccc(F)cc3)no2)s1. The Balaban J connectivity index is 1.48. The number of halogens is 1. The van der Waals surface area contributed by atoms with E-state index >= 15 is 0 Å². The van der Waals surface area contributed by atoms with Crippen LogP contribution >= 0.6 is 11.3 Å². The molecule has 0 saturated heterocycles. The quantitative estimate of drug-likeness (QED) is 0.457. The van der Waals surface area contributed by atoms with Gasteiger partial charge in [-0.25, -0.2) is 14.2 Å². The molecule has 140 valence electrons. The largest absolute Gasteiger partial charge is 0.451 e. The van der Waals surface area contributed by atoms with Crippen LogP contribution in [0.2, 0.25) is 0 Å². The van der Waals surface area contributed by atoms with E-state index in [1.807, 2.05) is 37.3 Å². The zero-order valence-electron chi connectivity index (χ0n) is 14.8. The first-order chi connectivity index (χ1) is 13.6. The molecule has 0 atom stereocenters. The van der Waals surface area contributed by atoms with Crippen LogP contribution in [-0.2, 0) is 11.3 Å². The van der Waals surface area contributed by atoms with Gasteiger partial charge in [0.05, 0.1) is 10.7 Å². The van der Waals surface area contributed by atoms with Gasteiger partial charge in [-0.3, -0.25) is 0 Å². The van der Waals surface area contributed by atoms with E-state index in [-0.39, 0.29) is 18.3 Å². The van der Waals surface area contributed by atoms with E-state index in [0.717, 1.165) is 10.6 Å². The maximum absolute atomic E-state index is 13.0. The number of esters is 1. The number of nitrogens with zero attached hydrogens (tertiary/aromatic N) is 3. The maximum Gasteiger partial charge on any atom is 0.351 e.